The molecule has 0 aliphatic rings. The molecule has 0 aliphatic carbocycles. The van der Waals surface area contributed by atoms with Gasteiger partial charge >= 0.3 is 8.03 Å². The molecular formula is C2H8NO4P2+. The van der Waals surface area contributed by atoms with Crippen molar-refractivity contribution in [2.24, 2.45) is 0 Å². The molecule has 1 atom stereocenters. The van der Waals surface area contributed by atoms with Crippen LogP contribution in [0.2, 0.25) is 0 Å². The highest BCUT2D eigenvalue weighted by Crippen LogP contribution is 2.20. The van der Waals surface area contributed by atoms with Crippen LogP contribution < -0.4 is 5.32 Å². The maximum absolute atomic E-state index is 9.91. The first-order chi connectivity index (χ1) is 4.13. The highest BCUT2D eigenvalue weighted by molar-refractivity contribution is 7.45. The average Bonchev–Trinajstić information content (AvgIpc) is 1.63. The lowest BCUT2D eigenvalue weighted by atomic mass is 11.2. The zero-order chi connectivity index (χ0) is 7.28. The molecule has 9 heavy (non-hydrogen) atoms. The Morgan fingerprint density at radius 2 is 2.11 bits per heavy atom. The van der Waals surface area contributed by atoms with Gasteiger partial charge in [-0.2, -0.15) is 4.89 Å². The van der Waals surface area contributed by atoms with E-state index >= 15 is 0 Å². The number of hydrogen-bond acceptors (Lipinski definition) is 4. The molecule has 0 aromatic rings. The fourth-order valence-electron chi connectivity index (χ4n) is 0.246. The quantitative estimate of drug-likeness (QED) is 0.430. The molecule has 0 spiro atoms. The van der Waals surface area contributed by atoms with E-state index in [1.165, 1.54) is 0 Å². The number of rotatable bonds is 4. The van der Waals surface area contributed by atoms with E-state index in [0.29, 0.717) is 0 Å². The minimum absolute atomic E-state index is 0.0169. The summed E-state index contributed by atoms with van der Waals surface area (Å²) >= 11 is 0. The fourth-order valence-corrected chi connectivity index (χ4v) is 1.04. The zero-order valence-corrected chi connectivity index (χ0v) is 6.35. The van der Waals surface area contributed by atoms with Crippen molar-refractivity contribution >= 4 is 16.4 Å². The summed E-state index contributed by atoms with van der Waals surface area (Å²) in [5.74, 6) is 0. The third-order valence-corrected chi connectivity index (χ3v) is 1.50. The molecule has 0 aliphatic heterocycles. The van der Waals surface area contributed by atoms with E-state index in [1.807, 2.05) is 0 Å². The van der Waals surface area contributed by atoms with E-state index in [-0.39, 0.29) is 12.6 Å². The number of nitrogens with one attached hydrogen (secondary N) is 1. The molecule has 0 bridgehead atoms. The second-order valence-electron chi connectivity index (χ2n) is 1.29. The van der Waals surface area contributed by atoms with Crippen LogP contribution in [-0.4, -0.2) is 27.3 Å². The Labute approximate surface area is 54.5 Å². The van der Waals surface area contributed by atoms with Gasteiger partial charge in [0.25, 0.3) is 0 Å². The lowest BCUT2D eigenvalue weighted by Gasteiger charge is -1.96. The molecule has 0 saturated carbocycles. The first kappa shape index (κ1) is 9.37. The summed E-state index contributed by atoms with van der Waals surface area (Å²) in [6.45, 7) is 0. The van der Waals surface area contributed by atoms with Gasteiger partial charge in [-0.25, -0.2) is 0 Å². The van der Waals surface area contributed by atoms with Crippen LogP contribution in [-0.2, 0) is 4.57 Å². The molecule has 1 unspecified atom stereocenters. The predicted molar refractivity (Wildman–Crippen MR) is 34.1 cm³/mol. The second kappa shape index (κ2) is 5.18. The van der Waals surface area contributed by atoms with Crippen LogP contribution >= 0.6 is 16.4 Å². The van der Waals surface area contributed by atoms with Gasteiger partial charge in [0, 0.05) is 0 Å². The Morgan fingerprint density at radius 1 is 1.56 bits per heavy atom. The Kier molecular flexibility index (Phi) is 5.39. The molecule has 0 fully saturated rings. The molecule has 0 rings (SSSR count). The van der Waals surface area contributed by atoms with Crippen molar-refractivity contribution in [1.82, 2.24) is 5.32 Å². The van der Waals surface area contributed by atoms with E-state index in [1.54, 1.807) is 0 Å². The van der Waals surface area contributed by atoms with Gasteiger partial charge in [0.15, 0.2) is 8.38 Å². The molecule has 0 aromatic carbocycles. The summed E-state index contributed by atoms with van der Waals surface area (Å²) < 4.78 is 9.91. The van der Waals surface area contributed by atoms with Crippen molar-refractivity contribution in [1.29, 1.82) is 0 Å². The Morgan fingerprint density at radius 3 is 2.44 bits per heavy atom. The van der Waals surface area contributed by atoms with E-state index in [4.69, 9.17) is 14.7 Å². The Hall–Kier alpha value is 0.370. The summed E-state index contributed by atoms with van der Waals surface area (Å²) in [4.78, 5) is 24.6. The molecule has 7 heteroatoms. The smallest absolute Gasteiger partial charge is 0.349 e. The molecule has 0 amide bonds. The van der Waals surface area contributed by atoms with Gasteiger partial charge in [-0.1, -0.05) is 0 Å². The van der Waals surface area contributed by atoms with Gasteiger partial charge < -0.3 is 9.79 Å². The van der Waals surface area contributed by atoms with Crippen molar-refractivity contribution in [3.05, 3.63) is 0 Å². The Bertz CT molecular complexity index is 96.6. The molecule has 54 valence electrons. The van der Waals surface area contributed by atoms with Crippen LogP contribution in [0.1, 0.15) is 0 Å². The van der Waals surface area contributed by atoms with Crippen molar-refractivity contribution in [3.8, 4) is 0 Å². The van der Waals surface area contributed by atoms with Crippen molar-refractivity contribution in [2.45, 2.75) is 0 Å². The molecule has 0 aromatic heterocycles. The summed E-state index contributed by atoms with van der Waals surface area (Å²) in [7, 11) is -4.19. The minimum Gasteiger partial charge on any atom is -0.349 e. The van der Waals surface area contributed by atoms with Gasteiger partial charge in [0.1, 0.15) is 0 Å². The van der Waals surface area contributed by atoms with Gasteiger partial charge in [-0.3, -0.25) is 5.32 Å². The third-order valence-electron chi connectivity index (χ3n) is 0.500. The molecular weight excluding hydrogens is 164 g/mol. The van der Waals surface area contributed by atoms with Gasteiger partial charge in [0.05, 0.1) is 6.29 Å². The molecule has 0 radical (unpaired) electrons. The topological polar surface area (TPSA) is 89.8 Å². The lowest BCUT2D eigenvalue weighted by molar-refractivity contribution is 0.474. The van der Waals surface area contributed by atoms with E-state index in [0.717, 1.165) is 0 Å². The van der Waals surface area contributed by atoms with Crippen LogP contribution in [0.25, 0.3) is 0 Å². The predicted octanol–water partition coefficient (Wildman–Crippen LogP) is -0.478. The van der Waals surface area contributed by atoms with Crippen LogP contribution in [0.3, 0.4) is 0 Å². The standard InChI is InChI=1S/C2H7NO4P2/c4-8(5)1-3-2-9(6)7/h3-5H,1-2H2/p+1. The number of hydrogen-bond donors (Lipinski definition) is 4. The lowest BCUT2D eigenvalue weighted by Crippen LogP contribution is -2.12. The normalized spacial score (nSPS) is 12.2. The van der Waals surface area contributed by atoms with Crippen LogP contribution in [0.15, 0.2) is 0 Å². The first-order valence-corrected chi connectivity index (χ1v) is 4.95. The maximum atomic E-state index is 9.91. The van der Waals surface area contributed by atoms with Crippen LogP contribution in [0.4, 0.5) is 0 Å². The zero-order valence-electron chi connectivity index (χ0n) is 4.56. The third kappa shape index (κ3) is 8.37. The molecule has 0 heterocycles. The summed E-state index contributed by atoms with van der Waals surface area (Å²) in [6.07, 6.45) is -0.105. The first-order valence-electron chi connectivity index (χ1n) is 2.12. The van der Waals surface area contributed by atoms with Crippen molar-refractivity contribution < 1.29 is 19.2 Å². The summed E-state index contributed by atoms with van der Waals surface area (Å²) in [5, 5.41) is 2.38. The van der Waals surface area contributed by atoms with Crippen LogP contribution in [0.5, 0.6) is 0 Å². The van der Waals surface area contributed by atoms with E-state index in [9.17, 15) is 4.57 Å². The van der Waals surface area contributed by atoms with Crippen molar-refractivity contribution in [2.75, 3.05) is 12.6 Å². The SMILES string of the molecule is O=[P+](O)CNCP(O)O. The van der Waals surface area contributed by atoms with E-state index < -0.39 is 16.4 Å². The Balaban J connectivity index is 3.01. The second-order valence-corrected chi connectivity index (χ2v) is 3.37. The fraction of sp³-hybridized carbons (Fsp3) is 1.00. The summed E-state index contributed by atoms with van der Waals surface area (Å²) in [5.41, 5.74) is 0. The monoisotopic (exact) mass is 172 g/mol. The van der Waals surface area contributed by atoms with Crippen LogP contribution in [0, 0.1) is 0 Å². The van der Waals surface area contributed by atoms with Gasteiger partial charge in [0.2, 0.25) is 6.29 Å². The minimum atomic E-state index is -2.20. The molecule has 4 N–H and O–H groups in total. The highest BCUT2D eigenvalue weighted by Gasteiger charge is 2.08. The van der Waals surface area contributed by atoms with E-state index in [2.05, 4.69) is 5.32 Å². The summed E-state index contributed by atoms with van der Waals surface area (Å²) in [6, 6.07) is 0. The maximum Gasteiger partial charge on any atom is 0.521 e. The van der Waals surface area contributed by atoms with Crippen molar-refractivity contribution in [3.63, 3.8) is 0 Å². The molecule has 5 nitrogen and oxygen atoms in total. The highest BCUT2D eigenvalue weighted by atomic mass is 31.2. The largest absolute Gasteiger partial charge is 0.521 e. The van der Waals surface area contributed by atoms with Gasteiger partial charge in [-0.05, 0) is 4.57 Å². The average molecular weight is 172 g/mol. The van der Waals surface area contributed by atoms with Gasteiger partial charge in [-0.15, -0.1) is 0 Å². The molecule has 0 saturated heterocycles.